The molecule has 1 amide bonds. The van der Waals surface area contributed by atoms with Crippen LogP contribution in [0.15, 0.2) is 0 Å². The number of amides is 1. The number of carbonyl (C=O) groups is 1. The Bertz CT molecular complexity index is 351. The third-order valence-corrected chi connectivity index (χ3v) is 6.72. The van der Waals surface area contributed by atoms with Crippen LogP contribution in [0.5, 0.6) is 0 Å². The molecule has 3 nitrogen and oxygen atoms in total. The van der Waals surface area contributed by atoms with E-state index in [1.54, 1.807) is 0 Å². The summed E-state index contributed by atoms with van der Waals surface area (Å²) in [4.78, 5) is 12.7. The van der Waals surface area contributed by atoms with E-state index < -0.39 is 0 Å². The average molecular weight is 280 g/mol. The van der Waals surface area contributed by atoms with E-state index >= 15 is 0 Å². The van der Waals surface area contributed by atoms with Crippen molar-refractivity contribution in [2.45, 2.75) is 66.2 Å². The maximum atomic E-state index is 12.7. The molecule has 0 radical (unpaired) electrons. The van der Waals surface area contributed by atoms with Crippen molar-refractivity contribution in [3.63, 3.8) is 0 Å². The van der Waals surface area contributed by atoms with Gasteiger partial charge in [0, 0.05) is 13.1 Å². The second kappa shape index (κ2) is 5.32. The third kappa shape index (κ3) is 2.49. The van der Waals surface area contributed by atoms with E-state index in [-0.39, 0.29) is 11.3 Å². The largest absolute Gasteiger partial charge is 0.355 e. The van der Waals surface area contributed by atoms with E-state index in [9.17, 15) is 4.79 Å². The predicted molar refractivity (Wildman–Crippen MR) is 83.3 cm³/mol. The van der Waals surface area contributed by atoms with Crippen molar-refractivity contribution in [3.05, 3.63) is 0 Å². The first-order valence-corrected chi connectivity index (χ1v) is 8.26. The van der Waals surface area contributed by atoms with Crippen LogP contribution in [0.4, 0.5) is 0 Å². The molecular weight excluding hydrogens is 248 g/mol. The molecule has 0 unspecified atom stereocenters. The van der Waals surface area contributed by atoms with Crippen molar-refractivity contribution in [2.24, 2.45) is 27.9 Å². The first kappa shape index (κ1) is 15.8. The highest BCUT2D eigenvalue weighted by atomic mass is 16.2. The lowest BCUT2D eigenvalue weighted by atomic mass is 9.79. The second-order valence-corrected chi connectivity index (χ2v) is 8.10. The van der Waals surface area contributed by atoms with Crippen molar-refractivity contribution in [2.75, 3.05) is 13.1 Å². The minimum absolute atomic E-state index is 0.209. The monoisotopic (exact) mass is 280 g/mol. The third-order valence-electron chi connectivity index (χ3n) is 6.72. The maximum absolute atomic E-state index is 12.7. The van der Waals surface area contributed by atoms with Crippen molar-refractivity contribution in [3.8, 4) is 0 Å². The van der Waals surface area contributed by atoms with E-state index in [4.69, 9.17) is 5.73 Å². The Morgan fingerprint density at radius 2 is 1.55 bits per heavy atom. The van der Waals surface area contributed by atoms with Crippen LogP contribution in [0.25, 0.3) is 0 Å². The summed E-state index contributed by atoms with van der Waals surface area (Å²) in [6.07, 6.45) is 6.71. The SMILES string of the molecule is CC1(C)C(CNC(=O)C2(CN)CCCCCC2)C1(C)C. The van der Waals surface area contributed by atoms with Gasteiger partial charge in [-0.25, -0.2) is 0 Å². The molecule has 3 N–H and O–H groups in total. The van der Waals surface area contributed by atoms with Crippen molar-refractivity contribution in [1.82, 2.24) is 5.32 Å². The molecule has 0 aliphatic heterocycles. The Kier molecular flexibility index (Phi) is 4.21. The van der Waals surface area contributed by atoms with E-state index in [1.807, 2.05) is 0 Å². The zero-order chi connectivity index (χ0) is 15.0. The molecule has 0 heterocycles. The number of rotatable bonds is 4. The van der Waals surface area contributed by atoms with Crippen LogP contribution in [0.2, 0.25) is 0 Å². The van der Waals surface area contributed by atoms with Crippen LogP contribution >= 0.6 is 0 Å². The van der Waals surface area contributed by atoms with Crippen LogP contribution in [0, 0.1) is 22.2 Å². The lowest BCUT2D eigenvalue weighted by Gasteiger charge is -2.30. The highest BCUT2D eigenvalue weighted by Crippen LogP contribution is 2.67. The van der Waals surface area contributed by atoms with Crippen LogP contribution < -0.4 is 11.1 Å². The van der Waals surface area contributed by atoms with Gasteiger partial charge in [0.15, 0.2) is 0 Å². The van der Waals surface area contributed by atoms with E-state index in [2.05, 4.69) is 33.0 Å². The molecular formula is C17H32N2O. The standard InChI is InChI=1S/C17H32N2O/c1-15(2)13(16(15,3)4)11-19-14(20)17(12-18)9-7-5-6-8-10-17/h13H,5-12,18H2,1-4H3,(H,19,20). The van der Waals surface area contributed by atoms with Gasteiger partial charge in [0.1, 0.15) is 0 Å². The molecule has 116 valence electrons. The molecule has 2 aliphatic carbocycles. The van der Waals surface area contributed by atoms with Crippen LogP contribution in [-0.2, 0) is 4.79 Å². The Hall–Kier alpha value is -0.570. The molecule has 2 rings (SSSR count). The Balaban J connectivity index is 1.94. The molecule has 0 aromatic rings. The summed E-state index contributed by atoms with van der Waals surface area (Å²) < 4.78 is 0. The fraction of sp³-hybridized carbons (Fsp3) is 0.941. The van der Waals surface area contributed by atoms with Gasteiger partial charge in [-0.15, -0.1) is 0 Å². The summed E-state index contributed by atoms with van der Waals surface area (Å²) in [5, 5.41) is 3.23. The fourth-order valence-electron chi connectivity index (χ4n) is 4.15. The quantitative estimate of drug-likeness (QED) is 0.778. The molecule has 2 aliphatic rings. The fourth-order valence-corrected chi connectivity index (χ4v) is 4.15. The number of nitrogens with two attached hydrogens (primary N) is 1. The van der Waals surface area contributed by atoms with Crippen molar-refractivity contribution < 1.29 is 4.79 Å². The minimum atomic E-state index is -0.292. The predicted octanol–water partition coefficient (Wildman–Crippen LogP) is 3.08. The minimum Gasteiger partial charge on any atom is -0.355 e. The summed E-state index contributed by atoms with van der Waals surface area (Å²) in [7, 11) is 0. The normalized spacial score (nSPS) is 27.6. The van der Waals surface area contributed by atoms with Crippen LogP contribution in [-0.4, -0.2) is 19.0 Å². The summed E-state index contributed by atoms with van der Waals surface area (Å²) in [6, 6.07) is 0. The topological polar surface area (TPSA) is 55.1 Å². The Labute approximate surface area is 124 Å². The molecule has 2 fully saturated rings. The van der Waals surface area contributed by atoms with Gasteiger partial charge in [0.2, 0.25) is 5.91 Å². The Morgan fingerprint density at radius 3 is 1.95 bits per heavy atom. The van der Waals surface area contributed by atoms with Gasteiger partial charge in [0.05, 0.1) is 5.41 Å². The van der Waals surface area contributed by atoms with Gasteiger partial charge in [-0.2, -0.15) is 0 Å². The summed E-state index contributed by atoms with van der Waals surface area (Å²) in [6.45, 7) is 10.5. The van der Waals surface area contributed by atoms with Crippen LogP contribution in [0.3, 0.4) is 0 Å². The lowest BCUT2D eigenvalue weighted by molar-refractivity contribution is -0.131. The van der Waals surface area contributed by atoms with Gasteiger partial charge in [-0.05, 0) is 29.6 Å². The summed E-state index contributed by atoms with van der Waals surface area (Å²) in [5.41, 5.74) is 6.35. The van der Waals surface area contributed by atoms with Gasteiger partial charge in [-0.3, -0.25) is 4.79 Å². The molecule has 0 spiro atoms. The highest BCUT2D eigenvalue weighted by molar-refractivity contribution is 5.83. The molecule has 2 saturated carbocycles. The molecule has 0 bridgehead atoms. The smallest absolute Gasteiger partial charge is 0.227 e. The van der Waals surface area contributed by atoms with Crippen LogP contribution in [0.1, 0.15) is 66.2 Å². The molecule has 0 aromatic heterocycles. The van der Waals surface area contributed by atoms with Crippen molar-refractivity contribution in [1.29, 1.82) is 0 Å². The Morgan fingerprint density at radius 1 is 1.05 bits per heavy atom. The number of carbonyl (C=O) groups excluding carboxylic acids is 1. The maximum Gasteiger partial charge on any atom is 0.227 e. The van der Waals surface area contributed by atoms with E-state index in [1.165, 1.54) is 12.8 Å². The molecule has 20 heavy (non-hydrogen) atoms. The van der Waals surface area contributed by atoms with Gasteiger partial charge < -0.3 is 11.1 Å². The lowest BCUT2D eigenvalue weighted by Crippen LogP contribution is -2.46. The van der Waals surface area contributed by atoms with Gasteiger partial charge in [0.25, 0.3) is 0 Å². The van der Waals surface area contributed by atoms with Gasteiger partial charge in [-0.1, -0.05) is 53.4 Å². The zero-order valence-corrected chi connectivity index (χ0v) is 13.7. The number of hydrogen-bond acceptors (Lipinski definition) is 2. The summed E-state index contributed by atoms with van der Waals surface area (Å²) in [5.74, 6) is 0.792. The number of nitrogens with one attached hydrogen (secondary N) is 1. The second-order valence-electron chi connectivity index (χ2n) is 8.10. The van der Waals surface area contributed by atoms with E-state index in [0.717, 1.165) is 32.2 Å². The highest BCUT2D eigenvalue weighted by Gasteiger charge is 2.64. The van der Waals surface area contributed by atoms with Gasteiger partial charge >= 0.3 is 0 Å². The molecule has 0 atom stereocenters. The summed E-state index contributed by atoms with van der Waals surface area (Å²) >= 11 is 0. The number of hydrogen-bond donors (Lipinski definition) is 2. The first-order chi connectivity index (χ1) is 9.28. The molecule has 3 heteroatoms. The van der Waals surface area contributed by atoms with Crippen molar-refractivity contribution >= 4 is 5.91 Å². The first-order valence-electron chi connectivity index (χ1n) is 8.26. The zero-order valence-electron chi connectivity index (χ0n) is 13.7. The molecule has 0 aromatic carbocycles. The van der Waals surface area contributed by atoms with E-state index in [0.29, 0.717) is 23.3 Å². The molecule has 0 saturated heterocycles. The average Bonchev–Trinajstić information content (AvgIpc) is 2.92.